The van der Waals surface area contributed by atoms with E-state index in [2.05, 4.69) is 29.6 Å². The van der Waals surface area contributed by atoms with Crippen LogP contribution in [0.15, 0.2) is 72.8 Å². The molecule has 3 aromatic carbocycles. The Morgan fingerprint density at radius 2 is 1.43 bits per heavy atom. The molecular formula is C28H24FNO4S. The van der Waals surface area contributed by atoms with E-state index in [1.807, 2.05) is 38.1 Å². The summed E-state index contributed by atoms with van der Waals surface area (Å²) in [6, 6.07) is 21.5. The molecule has 1 heterocycles. The second-order valence-electron chi connectivity index (χ2n) is 7.96. The van der Waals surface area contributed by atoms with Gasteiger partial charge < -0.3 is 14.8 Å². The van der Waals surface area contributed by atoms with Crippen LogP contribution in [-0.4, -0.2) is 25.6 Å². The molecule has 4 aromatic rings. The molecule has 5 nitrogen and oxygen atoms in total. The third kappa shape index (κ3) is 5.58. The Morgan fingerprint density at radius 1 is 0.857 bits per heavy atom. The van der Waals surface area contributed by atoms with E-state index in [9.17, 15) is 14.0 Å². The molecular weight excluding hydrogens is 465 g/mol. The maximum atomic E-state index is 13.4. The van der Waals surface area contributed by atoms with Crippen LogP contribution in [0.3, 0.4) is 0 Å². The number of thiophene rings is 1. The van der Waals surface area contributed by atoms with Crippen molar-refractivity contribution in [1.82, 2.24) is 0 Å². The van der Waals surface area contributed by atoms with Gasteiger partial charge in [-0.15, -0.1) is 11.3 Å². The average molecular weight is 490 g/mol. The number of carbonyl (C=O) groups excluding carboxylic acids is 2. The van der Waals surface area contributed by atoms with Gasteiger partial charge in [0.25, 0.3) is 5.91 Å². The van der Waals surface area contributed by atoms with E-state index < -0.39 is 11.9 Å². The van der Waals surface area contributed by atoms with E-state index in [1.165, 1.54) is 36.1 Å². The van der Waals surface area contributed by atoms with Crippen LogP contribution in [0, 0.1) is 19.7 Å². The van der Waals surface area contributed by atoms with Gasteiger partial charge in [-0.3, -0.25) is 4.79 Å². The van der Waals surface area contributed by atoms with Crippen molar-refractivity contribution in [2.45, 2.75) is 13.8 Å². The fraction of sp³-hybridized carbons (Fsp3) is 0.143. The molecule has 0 aliphatic heterocycles. The summed E-state index contributed by atoms with van der Waals surface area (Å²) in [5, 5.41) is 3.12. The van der Waals surface area contributed by atoms with Crippen LogP contribution in [0.4, 0.5) is 9.39 Å². The van der Waals surface area contributed by atoms with Gasteiger partial charge in [0.15, 0.2) is 6.61 Å². The average Bonchev–Trinajstić information content (AvgIpc) is 3.18. The number of hydrogen-bond donors (Lipinski definition) is 1. The molecule has 0 radical (unpaired) electrons. The molecule has 1 N–H and O–H groups in total. The van der Waals surface area contributed by atoms with Gasteiger partial charge >= 0.3 is 5.97 Å². The molecule has 1 amide bonds. The highest BCUT2D eigenvalue weighted by Gasteiger charge is 2.25. The first kappa shape index (κ1) is 24.2. The van der Waals surface area contributed by atoms with E-state index in [1.54, 1.807) is 12.1 Å². The van der Waals surface area contributed by atoms with Crippen molar-refractivity contribution in [2.24, 2.45) is 0 Å². The Labute approximate surface area is 207 Å². The minimum absolute atomic E-state index is 0.229. The van der Waals surface area contributed by atoms with Gasteiger partial charge in [-0.1, -0.05) is 54.1 Å². The summed E-state index contributed by atoms with van der Waals surface area (Å²) in [5.41, 5.74) is 4.83. The fourth-order valence-electron chi connectivity index (χ4n) is 3.69. The zero-order chi connectivity index (χ0) is 24.9. The van der Waals surface area contributed by atoms with Crippen LogP contribution < -0.4 is 10.1 Å². The summed E-state index contributed by atoms with van der Waals surface area (Å²) in [7, 11) is 1.28. The van der Waals surface area contributed by atoms with Gasteiger partial charge in [0, 0.05) is 10.4 Å². The number of carbonyl (C=O) groups is 2. The number of anilines is 1. The molecule has 1 aromatic heterocycles. The second-order valence-corrected chi connectivity index (χ2v) is 9.19. The normalized spacial score (nSPS) is 10.6. The van der Waals surface area contributed by atoms with E-state index in [0.717, 1.165) is 16.0 Å². The Balaban J connectivity index is 1.47. The Kier molecular flexibility index (Phi) is 7.27. The summed E-state index contributed by atoms with van der Waals surface area (Å²) in [6.07, 6.45) is 0. The lowest BCUT2D eigenvalue weighted by atomic mass is 10.0. The maximum absolute atomic E-state index is 13.4. The number of halogens is 1. The lowest BCUT2D eigenvalue weighted by molar-refractivity contribution is -0.118. The van der Waals surface area contributed by atoms with E-state index >= 15 is 0 Å². The number of ether oxygens (including phenoxy) is 2. The van der Waals surface area contributed by atoms with Gasteiger partial charge in [-0.2, -0.15) is 0 Å². The topological polar surface area (TPSA) is 64.6 Å². The largest absolute Gasteiger partial charge is 0.484 e. The highest BCUT2D eigenvalue weighted by Crippen LogP contribution is 2.40. The SMILES string of the molecule is COC(=O)c1c(NC(=O)COc2ccc(-c3ccc(C)cc3)cc2)sc(C)c1-c1ccc(F)cc1. The molecule has 0 spiro atoms. The maximum Gasteiger partial charge on any atom is 0.341 e. The standard InChI is InChI=1S/C28H24FNO4S/c1-17-4-6-19(7-5-17)20-10-14-23(15-11-20)34-16-24(31)30-27-26(28(32)33-3)25(18(2)35-27)21-8-12-22(29)13-9-21/h4-15H,16H2,1-3H3,(H,30,31). The predicted molar refractivity (Wildman–Crippen MR) is 137 cm³/mol. The highest BCUT2D eigenvalue weighted by molar-refractivity contribution is 7.17. The van der Waals surface area contributed by atoms with Crippen molar-refractivity contribution in [2.75, 3.05) is 19.0 Å². The second kappa shape index (κ2) is 10.5. The first-order valence-corrected chi connectivity index (χ1v) is 11.7. The molecule has 0 aliphatic rings. The number of methoxy groups -OCH3 is 1. The van der Waals surface area contributed by atoms with Crippen LogP contribution in [-0.2, 0) is 9.53 Å². The lowest BCUT2D eigenvalue weighted by Gasteiger charge is -2.10. The number of nitrogens with one attached hydrogen (secondary N) is 1. The lowest BCUT2D eigenvalue weighted by Crippen LogP contribution is -2.21. The molecule has 0 atom stereocenters. The summed E-state index contributed by atoms with van der Waals surface area (Å²) in [5.74, 6) is -0.821. The summed E-state index contributed by atoms with van der Waals surface area (Å²) >= 11 is 1.25. The van der Waals surface area contributed by atoms with Crippen LogP contribution in [0.1, 0.15) is 20.8 Å². The molecule has 35 heavy (non-hydrogen) atoms. The van der Waals surface area contributed by atoms with Gasteiger partial charge in [0.2, 0.25) is 0 Å². The molecule has 0 aliphatic carbocycles. The molecule has 0 fully saturated rings. The molecule has 7 heteroatoms. The summed E-state index contributed by atoms with van der Waals surface area (Å²) in [4.78, 5) is 26.0. The highest BCUT2D eigenvalue weighted by atomic mass is 32.1. The summed E-state index contributed by atoms with van der Waals surface area (Å²) < 4.78 is 24.0. The van der Waals surface area contributed by atoms with Crippen LogP contribution in [0.2, 0.25) is 0 Å². The number of rotatable bonds is 7. The number of hydrogen-bond acceptors (Lipinski definition) is 5. The van der Waals surface area contributed by atoms with Gasteiger partial charge in [0.05, 0.1) is 7.11 Å². The first-order chi connectivity index (χ1) is 16.9. The van der Waals surface area contributed by atoms with E-state index in [4.69, 9.17) is 9.47 Å². The number of esters is 1. The molecule has 0 saturated heterocycles. The first-order valence-electron chi connectivity index (χ1n) is 10.9. The van der Waals surface area contributed by atoms with E-state index in [0.29, 0.717) is 21.9 Å². The third-order valence-electron chi connectivity index (χ3n) is 5.47. The Bertz CT molecular complexity index is 1340. The number of aryl methyl sites for hydroxylation is 2. The van der Waals surface area contributed by atoms with E-state index in [-0.39, 0.29) is 18.0 Å². The van der Waals surface area contributed by atoms with Crippen molar-refractivity contribution in [1.29, 1.82) is 0 Å². The monoisotopic (exact) mass is 489 g/mol. The molecule has 178 valence electrons. The fourth-order valence-corrected chi connectivity index (χ4v) is 4.78. The van der Waals surface area contributed by atoms with Gasteiger partial charge in [-0.25, -0.2) is 9.18 Å². The Morgan fingerprint density at radius 3 is 2.03 bits per heavy atom. The van der Waals surface area contributed by atoms with Crippen LogP contribution in [0.5, 0.6) is 5.75 Å². The van der Waals surface area contributed by atoms with Crippen molar-refractivity contribution < 1.29 is 23.5 Å². The number of benzene rings is 3. The zero-order valence-electron chi connectivity index (χ0n) is 19.6. The van der Waals surface area contributed by atoms with Crippen molar-refractivity contribution in [3.05, 3.63) is 94.6 Å². The van der Waals surface area contributed by atoms with Crippen molar-refractivity contribution >= 4 is 28.2 Å². The summed E-state index contributed by atoms with van der Waals surface area (Å²) in [6.45, 7) is 3.64. The van der Waals surface area contributed by atoms with Crippen LogP contribution >= 0.6 is 11.3 Å². The molecule has 0 saturated carbocycles. The van der Waals surface area contributed by atoms with Gasteiger partial charge in [-0.05, 0) is 54.8 Å². The van der Waals surface area contributed by atoms with Crippen molar-refractivity contribution in [3.63, 3.8) is 0 Å². The van der Waals surface area contributed by atoms with Gasteiger partial charge in [0.1, 0.15) is 22.1 Å². The molecule has 0 bridgehead atoms. The Hall–Kier alpha value is -3.97. The van der Waals surface area contributed by atoms with Crippen LogP contribution in [0.25, 0.3) is 22.3 Å². The molecule has 0 unspecified atom stereocenters. The number of amides is 1. The minimum Gasteiger partial charge on any atom is -0.484 e. The third-order valence-corrected chi connectivity index (χ3v) is 6.49. The predicted octanol–water partition coefficient (Wildman–Crippen LogP) is 6.64. The quantitative estimate of drug-likeness (QED) is 0.296. The molecule has 4 rings (SSSR count). The van der Waals surface area contributed by atoms with Crippen molar-refractivity contribution in [3.8, 4) is 28.0 Å². The smallest absolute Gasteiger partial charge is 0.341 e. The minimum atomic E-state index is -0.586. The zero-order valence-corrected chi connectivity index (χ0v) is 20.4.